The minimum Gasteiger partial charge on any atom is -0.395 e. The largest absolute Gasteiger partial charge is 0.395 e. The zero-order valence-corrected chi connectivity index (χ0v) is 18.0. The van der Waals surface area contributed by atoms with E-state index in [2.05, 4.69) is 15.3 Å². The van der Waals surface area contributed by atoms with Gasteiger partial charge >= 0.3 is 0 Å². The van der Waals surface area contributed by atoms with Gasteiger partial charge in [-0.3, -0.25) is 0 Å². The highest BCUT2D eigenvalue weighted by Gasteiger charge is 2.21. The maximum absolute atomic E-state index is 11.6. The van der Waals surface area contributed by atoms with E-state index >= 15 is 0 Å². The monoisotopic (exact) mass is 455 g/mol. The van der Waals surface area contributed by atoms with Crippen molar-refractivity contribution in [2.24, 2.45) is 10.9 Å². The minimum atomic E-state index is -3.79. The van der Waals surface area contributed by atoms with Crippen molar-refractivity contribution in [1.29, 1.82) is 0 Å². The standard InChI is InChI=1S/C21H21N5O3S2/c22-18(14-6-8-15(9-7-14)31(23,28)29)19-17-16(13-4-2-1-3-5-13)12-30-20(17)26-21(25-19)24-10-11-27/h1-9,12,18,27H,10-11,22H2,(H2,23,28,29)(H,24,25,26). The number of sulfonamides is 1. The predicted octanol–water partition coefficient (Wildman–Crippen LogP) is 2.46. The van der Waals surface area contributed by atoms with E-state index in [4.69, 9.17) is 16.0 Å². The van der Waals surface area contributed by atoms with Gasteiger partial charge in [-0.15, -0.1) is 11.3 Å². The Morgan fingerprint density at radius 2 is 1.77 bits per heavy atom. The van der Waals surface area contributed by atoms with E-state index in [-0.39, 0.29) is 11.5 Å². The number of hydrogen-bond donors (Lipinski definition) is 4. The Kier molecular flexibility index (Phi) is 5.99. The molecular weight excluding hydrogens is 434 g/mol. The Bertz CT molecular complexity index is 1310. The van der Waals surface area contributed by atoms with Gasteiger partial charge in [0.05, 0.1) is 23.2 Å². The van der Waals surface area contributed by atoms with Crippen LogP contribution in [-0.2, 0) is 10.0 Å². The predicted molar refractivity (Wildman–Crippen MR) is 122 cm³/mol. The lowest BCUT2D eigenvalue weighted by Crippen LogP contribution is -2.17. The van der Waals surface area contributed by atoms with Crippen LogP contribution >= 0.6 is 11.3 Å². The van der Waals surface area contributed by atoms with Crippen molar-refractivity contribution in [2.45, 2.75) is 10.9 Å². The first-order chi connectivity index (χ1) is 14.9. The summed E-state index contributed by atoms with van der Waals surface area (Å²) in [6, 6.07) is 15.4. The van der Waals surface area contributed by atoms with E-state index < -0.39 is 16.1 Å². The van der Waals surface area contributed by atoms with Crippen molar-refractivity contribution >= 4 is 37.5 Å². The van der Waals surface area contributed by atoms with E-state index in [1.807, 2.05) is 35.7 Å². The molecule has 2 aromatic heterocycles. The maximum Gasteiger partial charge on any atom is 0.238 e. The van der Waals surface area contributed by atoms with E-state index in [0.29, 0.717) is 23.8 Å². The molecule has 2 aromatic carbocycles. The van der Waals surface area contributed by atoms with Crippen LogP contribution in [0.4, 0.5) is 5.95 Å². The lowest BCUT2D eigenvalue weighted by Gasteiger charge is -2.16. The number of aromatic nitrogens is 2. The molecule has 2 heterocycles. The van der Waals surface area contributed by atoms with Crippen molar-refractivity contribution in [2.75, 3.05) is 18.5 Å². The van der Waals surface area contributed by atoms with Crippen LogP contribution in [0.2, 0.25) is 0 Å². The Hall–Kier alpha value is -2.89. The van der Waals surface area contributed by atoms with Gasteiger partial charge in [-0.2, -0.15) is 0 Å². The SMILES string of the molecule is NC(c1ccc(S(N)(=O)=O)cc1)c1nc(NCCO)nc2scc(-c3ccccc3)c12. The van der Waals surface area contributed by atoms with Crippen molar-refractivity contribution in [3.63, 3.8) is 0 Å². The van der Waals surface area contributed by atoms with Gasteiger partial charge in [-0.25, -0.2) is 23.5 Å². The lowest BCUT2D eigenvalue weighted by atomic mass is 9.98. The second-order valence-electron chi connectivity index (χ2n) is 6.87. The molecule has 1 atom stereocenters. The Labute approximate surface area is 183 Å². The molecule has 0 saturated carbocycles. The number of anilines is 1. The summed E-state index contributed by atoms with van der Waals surface area (Å²) in [5.74, 6) is 0.370. The second-order valence-corrected chi connectivity index (χ2v) is 9.29. The fraction of sp³-hybridized carbons (Fsp3) is 0.143. The molecule has 0 spiro atoms. The fourth-order valence-corrected chi connectivity index (χ4v) is 4.76. The topological polar surface area (TPSA) is 144 Å². The normalized spacial score (nSPS) is 12.7. The molecule has 0 aliphatic rings. The summed E-state index contributed by atoms with van der Waals surface area (Å²) < 4.78 is 23.1. The summed E-state index contributed by atoms with van der Waals surface area (Å²) in [6.07, 6.45) is 0. The van der Waals surface area contributed by atoms with Crippen molar-refractivity contribution < 1.29 is 13.5 Å². The molecule has 0 aliphatic heterocycles. The van der Waals surface area contributed by atoms with E-state index in [1.165, 1.54) is 23.5 Å². The van der Waals surface area contributed by atoms with Crippen LogP contribution < -0.4 is 16.2 Å². The molecule has 0 saturated heterocycles. The average Bonchev–Trinajstić information content (AvgIpc) is 3.21. The Balaban J connectivity index is 1.86. The van der Waals surface area contributed by atoms with Crippen LogP contribution in [0.3, 0.4) is 0 Å². The van der Waals surface area contributed by atoms with Crippen LogP contribution in [0.25, 0.3) is 21.3 Å². The molecule has 4 rings (SSSR count). The first-order valence-electron chi connectivity index (χ1n) is 9.46. The summed E-state index contributed by atoms with van der Waals surface area (Å²) in [4.78, 5) is 10.0. The molecule has 0 bridgehead atoms. The first kappa shape index (κ1) is 21.3. The molecule has 6 N–H and O–H groups in total. The van der Waals surface area contributed by atoms with Gasteiger partial charge in [0.2, 0.25) is 16.0 Å². The second kappa shape index (κ2) is 8.69. The third-order valence-corrected chi connectivity index (χ3v) is 6.61. The highest BCUT2D eigenvalue weighted by Crippen LogP contribution is 2.38. The van der Waals surface area contributed by atoms with E-state index in [0.717, 1.165) is 21.3 Å². The Morgan fingerprint density at radius 1 is 1.06 bits per heavy atom. The van der Waals surface area contributed by atoms with Gasteiger partial charge in [-0.05, 0) is 23.3 Å². The zero-order chi connectivity index (χ0) is 22.0. The number of nitrogens with zero attached hydrogens (tertiary/aromatic N) is 2. The highest BCUT2D eigenvalue weighted by atomic mass is 32.2. The van der Waals surface area contributed by atoms with Gasteiger partial charge in [0.25, 0.3) is 0 Å². The number of benzene rings is 2. The van der Waals surface area contributed by atoms with Gasteiger partial charge in [0, 0.05) is 22.9 Å². The van der Waals surface area contributed by atoms with E-state index in [9.17, 15) is 8.42 Å². The number of nitrogens with two attached hydrogens (primary N) is 2. The van der Waals surface area contributed by atoms with Gasteiger partial charge < -0.3 is 16.2 Å². The molecule has 0 aliphatic carbocycles. The number of aliphatic hydroxyl groups excluding tert-OH is 1. The van der Waals surface area contributed by atoms with E-state index in [1.54, 1.807) is 12.1 Å². The molecule has 0 amide bonds. The Morgan fingerprint density at radius 3 is 2.42 bits per heavy atom. The third-order valence-electron chi connectivity index (χ3n) is 4.80. The third kappa shape index (κ3) is 4.43. The van der Waals surface area contributed by atoms with Crippen molar-refractivity contribution in [1.82, 2.24) is 9.97 Å². The van der Waals surface area contributed by atoms with Crippen LogP contribution in [0.5, 0.6) is 0 Å². The number of nitrogens with one attached hydrogen (secondary N) is 1. The van der Waals surface area contributed by atoms with Crippen molar-refractivity contribution in [3.05, 3.63) is 71.2 Å². The molecule has 0 fully saturated rings. The molecule has 1 unspecified atom stereocenters. The molecular formula is C21H21N5O3S2. The number of thiophene rings is 1. The fourth-order valence-electron chi connectivity index (χ4n) is 3.29. The van der Waals surface area contributed by atoms with Gasteiger partial charge in [-0.1, -0.05) is 42.5 Å². The molecule has 8 nitrogen and oxygen atoms in total. The minimum absolute atomic E-state index is 0.0158. The van der Waals surface area contributed by atoms with Crippen LogP contribution in [0.15, 0.2) is 64.9 Å². The molecule has 160 valence electrons. The van der Waals surface area contributed by atoms with Crippen molar-refractivity contribution in [3.8, 4) is 11.1 Å². The number of primary sulfonamides is 1. The van der Waals surface area contributed by atoms with Crippen LogP contribution in [-0.4, -0.2) is 36.6 Å². The molecule has 4 aromatic rings. The lowest BCUT2D eigenvalue weighted by molar-refractivity contribution is 0.311. The summed E-state index contributed by atoms with van der Waals surface area (Å²) in [5.41, 5.74) is 9.89. The molecule has 0 radical (unpaired) electrons. The highest BCUT2D eigenvalue weighted by molar-refractivity contribution is 7.89. The maximum atomic E-state index is 11.6. The summed E-state index contributed by atoms with van der Waals surface area (Å²) in [6.45, 7) is 0.248. The van der Waals surface area contributed by atoms with Crippen LogP contribution in [0.1, 0.15) is 17.3 Å². The van der Waals surface area contributed by atoms with Gasteiger partial charge in [0.1, 0.15) is 4.83 Å². The van der Waals surface area contributed by atoms with Crippen LogP contribution in [0, 0.1) is 0 Å². The zero-order valence-electron chi connectivity index (χ0n) is 16.4. The number of fused-ring (bicyclic) bond motifs is 1. The summed E-state index contributed by atoms with van der Waals surface area (Å²) in [5, 5.41) is 20.2. The number of aliphatic hydroxyl groups is 1. The number of rotatable bonds is 7. The quantitative estimate of drug-likeness (QED) is 0.335. The van der Waals surface area contributed by atoms with Gasteiger partial charge in [0.15, 0.2) is 0 Å². The summed E-state index contributed by atoms with van der Waals surface area (Å²) >= 11 is 1.48. The average molecular weight is 456 g/mol. The smallest absolute Gasteiger partial charge is 0.238 e. The molecule has 10 heteroatoms. The molecule has 31 heavy (non-hydrogen) atoms. The number of hydrogen-bond acceptors (Lipinski definition) is 8. The summed E-state index contributed by atoms with van der Waals surface area (Å²) in [7, 11) is -3.79. The first-order valence-corrected chi connectivity index (χ1v) is 11.9.